The topological polar surface area (TPSA) is 66.9 Å². The van der Waals surface area contributed by atoms with Gasteiger partial charge in [-0.15, -0.1) is 0 Å². The number of rotatable bonds is 4. The van der Waals surface area contributed by atoms with Crippen molar-refractivity contribution in [2.24, 2.45) is 0 Å². The maximum Gasteiger partial charge on any atom is 0.274 e. The van der Waals surface area contributed by atoms with E-state index in [0.717, 1.165) is 5.69 Å². The highest BCUT2D eigenvalue weighted by atomic mass is 35.5. The first-order valence-corrected chi connectivity index (χ1v) is 8.20. The van der Waals surface area contributed by atoms with Crippen molar-refractivity contribution in [1.29, 1.82) is 0 Å². The normalized spacial score (nSPS) is 10.4. The summed E-state index contributed by atoms with van der Waals surface area (Å²) < 4.78 is 0. The van der Waals surface area contributed by atoms with E-state index in [1.165, 1.54) is 0 Å². The molecule has 3 aromatic rings. The molecule has 0 spiro atoms. The number of amides is 1. The van der Waals surface area contributed by atoms with E-state index in [0.29, 0.717) is 27.4 Å². The minimum absolute atomic E-state index is 0.247. The molecule has 25 heavy (non-hydrogen) atoms. The highest BCUT2D eigenvalue weighted by Gasteiger charge is 2.11. The number of halogens is 2. The van der Waals surface area contributed by atoms with Gasteiger partial charge in [-0.3, -0.25) is 4.79 Å². The Morgan fingerprint density at radius 1 is 0.920 bits per heavy atom. The van der Waals surface area contributed by atoms with E-state index in [4.69, 9.17) is 23.2 Å². The van der Waals surface area contributed by atoms with E-state index in [1.807, 2.05) is 12.1 Å². The van der Waals surface area contributed by atoms with Crippen molar-refractivity contribution < 1.29 is 4.79 Å². The average molecular weight is 373 g/mol. The molecule has 0 saturated heterocycles. The van der Waals surface area contributed by atoms with E-state index >= 15 is 0 Å². The number of nitrogens with one attached hydrogen (secondary N) is 2. The molecular weight excluding hydrogens is 359 g/mol. The maximum absolute atomic E-state index is 12.4. The summed E-state index contributed by atoms with van der Waals surface area (Å²) in [5, 5.41) is 7.03. The number of aryl methyl sites for hydroxylation is 1. The fraction of sp³-hybridized carbons (Fsp3) is 0.0556. The second-order valence-electron chi connectivity index (χ2n) is 5.29. The Bertz CT molecular complexity index is 930. The second-order valence-corrected chi connectivity index (χ2v) is 6.16. The molecule has 7 heteroatoms. The second kappa shape index (κ2) is 7.51. The lowest BCUT2D eigenvalue weighted by molar-refractivity contribution is 0.102. The molecule has 0 atom stereocenters. The van der Waals surface area contributed by atoms with Gasteiger partial charge in [-0.2, -0.15) is 0 Å². The van der Waals surface area contributed by atoms with Crippen molar-refractivity contribution in [3.05, 3.63) is 76.2 Å². The molecule has 0 radical (unpaired) electrons. The van der Waals surface area contributed by atoms with Gasteiger partial charge in [-0.05, 0) is 43.3 Å². The minimum Gasteiger partial charge on any atom is -0.340 e. The van der Waals surface area contributed by atoms with Gasteiger partial charge in [0.1, 0.15) is 17.3 Å². The van der Waals surface area contributed by atoms with Gasteiger partial charge in [0, 0.05) is 27.5 Å². The number of nitrogens with zero attached hydrogens (tertiary/aromatic N) is 2. The largest absolute Gasteiger partial charge is 0.340 e. The third-order valence-electron chi connectivity index (χ3n) is 3.25. The molecule has 0 aliphatic rings. The summed E-state index contributed by atoms with van der Waals surface area (Å²) in [4.78, 5) is 20.9. The molecule has 0 aliphatic carbocycles. The van der Waals surface area contributed by atoms with Crippen LogP contribution in [0.3, 0.4) is 0 Å². The Morgan fingerprint density at radius 2 is 1.56 bits per heavy atom. The molecule has 1 aromatic heterocycles. The predicted octanol–water partition coefficient (Wildman–Crippen LogP) is 5.09. The van der Waals surface area contributed by atoms with Crippen molar-refractivity contribution in [1.82, 2.24) is 9.97 Å². The molecule has 0 fully saturated rings. The van der Waals surface area contributed by atoms with Gasteiger partial charge >= 0.3 is 0 Å². The summed E-state index contributed by atoms with van der Waals surface area (Å²) in [5.74, 6) is 0.635. The molecule has 3 rings (SSSR count). The van der Waals surface area contributed by atoms with Crippen LogP contribution in [0.5, 0.6) is 0 Å². The van der Waals surface area contributed by atoms with Gasteiger partial charge in [-0.1, -0.05) is 35.3 Å². The Kier molecular flexibility index (Phi) is 5.16. The van der Waals surface area contributed by atoms with Crippen LogP contribution in [0.4, 0.5) is 17.2 Å². The van der Waals surface area contributed by atoms with E-state index in [9.17, 15) is 4.79 Å². The summed E-state index contributed by atoms with van der Waals surface area (Å²) in [6, 6.07) is 15.7. The van der Waals surface area contributed by atoms with Crippen LogP contribution in [0.1, 0.15) is 16.3 Å². The fourth-order valence-corrected chi connectivity index (χ4v) is 2.60. The van der Waals surface area contributed by atoms with Crippen molar-refractivity contribution >= 4 is 46.3 Å². The van der Waals surface area contributed by atoms with E-state index in [1.54, 1.807) is 49.4 Å². The summed E-state index contributed by atoms with van der Waals surface area (Å²) in [7, 11) is 0. The fourth-order valence-electron chi connectivity index (χ4n) is 2.22. The SMILES string of the molecule is Cc1nc(Nc2cccc(Cl)c2)cc(C(=O)Nc2cccc(Cl)c2)n1. The van der Waals surface area contributed by atoms with Gasteiger partial charge in [0.05, 0.1) is 0 Å². The van der Waals surface area contributed by atoms with E-state index in [-0.39, 0.29) is 11.6 Å². The van der Waals surface area contributed by atoms with E-state index < -0.39 is 0 Å². The zero-order valence-corrected chi connectivity index (χ0v) is 14.8. The highest BCUT2D eigenvalue weighted by molar-refractivity contribution is 6.31. The molecule has 0 aliphatic heterocycles. The van der Waals surface area contributed by atoms with Crippen LogP contribution in [0.15, 0.2) is 54.6 Å². The van der Waals surface area contributed by atoms with Crippen molar-refractivity contribution in [2.75, 3.05) is 10.6 Å². The van der Waals surface area contributed by atoms with Crippen LogP contribution in [0.2, 0.25) is 10.0 Å². The molecule has 1 heterocycles. The maximum atomic E-state index is 12.4. The number of anilines is 3. The molecule has 2 aromatic carbocycles. The Balaban J connectivity index is 1.82. The lowest BCUT2D eigenvalue weighted by atomic mass is 10.3. The van der Waals surface area contributed by atoms with Gasteiger partial charge in [0.2, 0.25) is 0 Å². The van der Waals surface area contributed by atoms with Crippen LogP contribution in [0, 0.1) is 6.92 Å². The highest BCUT2D eigenvalue weighted by Crippen LogP contribution is 2.20. The van der Waals surface area contributed by atoms with Crippen LogP contribution >= 0.6 is 23.2 Å². The Labute approximate surface area is 155 Å². The molecule has 2 N–H and O–H groups in total. The molecule has 1 amide bonds. The number of aromatic nitrogens is 2. The van der Waals surface area contributed by atoms with Crippen LogP contribution < -0.4 is 10.6 Å². The van der Waals surface area contributed by atoms with Crippen molar-refractivity contribution in [3.63, 3.8) is 0 Å². The molecule has 0 saturated carbocycles. The number of hydrogen-bond donors (Lipinski definition) is 2. The van der Waals surface area contributed by atoms with Crippen molar-refractivity contribution in [3.8, 4) is 0 Å². The van der Waals surface area contributed by atoms with E-state index in [2.05, 4.69) is 20.6 Å². The van der Waals surface area contributed by atoms with Crippen LogP contribution in [-0.2, 0) is 0 Å². The predicted molar refractivity (Wildman–Crippen MR) is 101 cm³/mol. The first-order valence-electron chi connectivity index (χ1n) is 7.45. The Hall–Kier alpha value is -2.63. The number of hydrogen-bond acceptors (Lipinski definition) is 4. The van der Waals surface area contributed by atoms with Gasteiger partial charge in [-0.25, -0.2) is 9.97 Å². The quantitative estimate of drug-likeness (QED) is 0.669. The standard InChI is InChI=1S/C18H14Cl2N4O/c1-11-21-16(18(25)24-15-7-3-5-13(20)9-15)10-17(22-11)23-14-6-2-4-12(19)8-14/h2-10H,1H3,(H,24,25)(H,21,22,23). The van der Waals surface area contributed by atoms with Gasteiger partial charge < -0.3 is 10.6 Å². The van der Waals surface area contributed by atoms with Gasteiger partial charge in [0.15, 0.2) is 0 Å². The summed E-state index contributed by atoms with van der Waals surface area (Å²) in [5.41, 5.74) is 1.61. The first-order chi connectivity index (χ1) is 12.0. The van der Waals surface area contributed by atoms with Crippen molar-refractivity contribution in [2.45, 2.75) is 6.92 Å². The smallest absolute Gasteiger partial charge is 0.274 e. The zero-order valence-electron chi connectivity index (χ0n) is 13.3. The lowest BCUT2D eigenvalue weighted by Gasteiger charge is -2.09. The average Bonchev–Trinajstić information content (AvgIpc) is 2.54. The Morgan fingerprint density at radius 3 is 2.24 bits per heavy atom. The van der Waals surface area contributed by atoms with Crippen LogP contribution in [-0.4, -0.2) is 15.9 Å². The lowest BCUT2D eigenvalue weighted by Crippen LogP contribution is -2.15. The van der Waals surface area contributed by atoms with Crippen LogP contribution in [0.25, 0.3) is 0 Å². The third kappa shape index (κ3) is 4.68. The monoisotopic (exact) mass is 372 g/mol. The number of carbonyl (C=O) groups excluding carboxylic acids is 1. The first kappa shape index (κ1) is 17.2. The minimum atomic E-state index is -0.345. The van der Waals surface area contributed by atoms with Gasteiger partial charge in [0.25, 0.3) is 5.91 Å². The molecule has 126 valence electrons. The number of benzene rings is 2. The molecule has 0 unspecified atom stereocenters. The molecular formula is C18H14Cl2N4O. The summed E-state index contributed by atoms with van der Waals surface area (Å²) in [6.07, 6.45) is 0. The summed E-state index contributed by atoms with van der Waals surface area (Å²) >= 11 is 11.9. The molecule has 0 bridgehead atoms. The summed E-state index contributed by atoms with van der Waals surface area (Å²) in [6.45, 7) is 1.72. The molecule has 5 nitrogen and oxygen atoms in total. The number of carbonyl (C=O) groups is 1. The zero-order chi connectivity index (χ0) is 17.8. The third-order valence-corrected chi connectivity index (χ3v) is 3.72.